The molecule has 124 valence electrons. The second-order valence-electron chi connectivity index (χ2n) is 5.13. The summed E-state index contributed by atoms with van der Waals surface area (Å²) in [5.41, 5.74) is 1.00. The largest absolute Gasteiger partial charge is 0.497 e. The van der Waals surface area contributed by atoms with E-state index in [0.29, 0.717) is 22.4 Å². The molecule has 0 fully saturated rings. The van der Waals surface area contributed by atoms with Gasteiger partial charge in [0, 0.05) is 18.2 Å². The van der Waals surface area contributed by atoms with Crippen LogP contribution in [0.1, 0.15) is 5.56 Å². The lowest BCUT2D eigenvalue weighted by molar-refractivity contribution is 0.238. The third-order valence-electron chi connectivity index (χ3n) is 3.72. The maximum atomic E-state index is 12.3. The number of carbonyl (C=O) groups is 1. The molecular formula is C17H17N3O4. The molecule has 1 amide bonds. The molecule has 0 spiro atoms. The molecule has 2 aromatic carbocycles. The smallest absolute Gasteiger partial charge is 0.343 e. The van der Waals surface area contributed by atoms with Crippen LogP contribution in [-0.2, 0) is 6.54 Å². The van der Waals surface area contributed by atoms with Crippen molar-refractivity contribution in [3.05, 3.63) is 58.4 Å². The Morgan fingerprint density at radius 3 is 2.67 bits per heavy atom. The summed E-state index contributed by atoms with van der Waals surface area (Å²) in [5.74, 6) is 1.26. The number of aromatic nitrogens is 2. The van der Waals surface area contributed by atoms with Crippen LogP contribution in [0, 0.1) is 0 Å². The van der Waals surface area contributed by atoms with Gasteiger partial charge in [0.1, 0.15) is 11.5 Å². The van der Waals surface area contributed by atoms with Crippen molar-refractivity contribution in [3.63, 3.8) is 0 Å². The quantitative estimate of drug-likeness (QED) is 0.768. The third kappa shape index (κ3) is 2.83. The lowest BCUT2D eigenvalue weighted by Gasteiger charge is -2.11. The van der Waals surface area contributed by atoms with Crippen LogP contribution >= 0.6 is 0 Å². The highest BCUT2D eigenvalue weighted by Gasteiger charge is 2.13. The molecule has 7 nitrogen and oxygen atoms in total. The first kappa shape index (κ1) is 15.7. The number of aromatic amines is 1. The van der Waals surface area contributed by atoms with E-state index in [4.69, 9.17) is 9.47 Å². The highest BCUT2D eigenvalue weighted by Crippen LogP contribution is 2.24. The van der Waals surface area contributed by atoms with Crippen molar-refractivity contribution in [1.29, 1.82) is 0 Å². The lowest BCUT2D eigenvalue weighted by atomic mass is 10.2. The molecule has 24 heavy (non-hydrogen) atoms. The topological polar surface area (TPSA) is 85.4 Å². The SMILES string of the molecule is COc1ccc(CNC(=O)n2[nH]c3ccccc3c2=O)c(OC)c1. The Bertz CT molecular complexity index is 942. The first-order chi connectivity index (χ1) is 11.6. The minimum Gasteiger partial charge on any atom is -0.497 e. The van der Waals surface area contributed by atoms with Crippen molar-refractivity contribution in [2.24, 2.45) is 0 Å². The van der Waals surface area contributed by atoms with Gasteiger partial charge in [0.2, 0.25) is 0 Å². The summed E-state index contributed by atoms with van der Waals surface area (Å²) in [6.45, 7) is 0.216. The van der Waals surface area contributed by atoms with Crippen molar-refractivity contribution < 1.29 is 14.3 Å². The molecule has 1 heterocycles. The zero-order valence-electron chi connectivity index (χ0n) is 13.3. The fourth-order valence-corrected chi connectivity index (χ4v) is 2.45. The Labute approximate surface area is 137 Å². The average Bonchev–Trinajstić information content (AvgIpc) is 2.96. The molecule has 3 aromatic rings. The molecule has 7 heteroatoms. The molecule has 0 unspecified atom stereocenters. The summed E-state index contributed by atoms with van der Waals surface area (Å²) in [4.78, 5) is 24.5. The molecule has 0 atom stereocenters. The number of benzene rings is 2. The molecule has 0 aliphatic heterocycles. The molecule has 0 aliphatic carbocycles. The maximum absolute atomic E-state index is 12.3. The Hall–Kier alpha value is -3.22. The number of fused-ring (bicyclic) bond motifs is 1. The van der Waals surface area contributed by atoms with Crippen LogP contribution in [0.15, 0.2) is 47.3 Å². The summed E-state index contributed by atoms with van der Waals surface area (Å²) in [5, 5.41) is 5.96. The number of rotatable bonds is 4. The minimum absolute atomic E-state index is 0.216. The molecule has 1 aromatic heterocycles. The monoisotopic (exact) mass is 327 g/mol. The van der Waals surface area contributed by atoms with E-state index >= 15 is 0 Å². The van der Waals surface area contributed by atoms with Gasteiger partial charge >= 0.3 is 6.03 Å². The van der Waals surface area contributed by atoms with Gasteiger partial charge < -0.3 is 14.8 Å². The zero-order chi connectivity index (χ0) is 17.1. The van der Waals surface area contributed by atoms with E-state index in [0.717, 1.165) is 10.2 Å². The van der Waals surface area contributed by atoms with Gasteiger partial charge in [-0.3, -0.25) is 9.89 Å². The van der Waals surface area contributed by atoms with E-state index in [2.05, 4.69) is 10.4 Å². The van der Waals surface area contributed by atoms with Gasteiger partial charge in [-0.15, -0.1) is 0 Å². The summed E-state index contributed by atoms with van der Waals surface area (Å²) >= 11 is 0. The van der Waals surface area contributed by atoms with Gasteiger partial charge in [0.05, 0.1) is 25.1 Å². The molecule has 3 rings (SSSR count). The number of hydrogen-bond donors (Lipinski definition) is 2. The number of amides is 1. The number of H-pyrrole nitrogens is 1. The lowest BCUT2D eigenvalue weighted by Crippen LogP contribution is -2.35. The Balaban J connectivity index is 1.80. The Kier molecular flexibility index (Phi) is 4.24. The molecule has 0 bridgehead atoms. The fraction of sp³-hybridized carbons (Fsp3) is 0.176. The van der Waals surface area contributed by atoms with E-state index in [-0.39, 0.29) is 12.1 Å². The average molecular weight is 327 g/mol. The second-order valence-corrected chi connectivity index (χ2v) is 5.13. The van der Waals surface area contributed by atoms with E-state index < -0.39 is 6.03 Å². The van der Waals surface area contributed by atoms with Gasteiger partial charge in [-0.2, -0.15) is 4.68 Å². The molecule has 0 aliphatic rings. The van der Waals surface area contributed by atoms with Crippen LogP contribution in [0.25, 0.3) is 10.9 Å². The van der Waals surface area contributed by atoms with Crippen LogP contribution in [0.4, 0.5) is 4.79 Å². The van der Waals surface area contributed by atoms with Gasteiger partial charge in [-0.1, -0.05) is 12.1 Å². The number of nitrogens with zero attached hydrogens (tertiary/aromatic N) is 1. The van der Waals surface area contributed by atoms with Gasteiger partial charge in [-0.25, -0.2) is 4.79 Å². The second kappa shape index (κ2) is 6.49. The molecular weight excluding hydrogens is 310 g/mol. The number of hydrogen-bond acceptors (Lipinski definition) is 4. The third-order valence-corrected chi connectivity index (χ3v) is 3.72. The van der Waals surface area contributed by atoms with E-state index in [1.54, 1.807) is 56.7 Å². The normalized spacial score (nSPS) is 10.6. The standard InChI is InChI=1S/C17H17N3O4/c1-23-12-8-7-11(15(9-12)24-2)10-18-17(22)20-16(21)13-5-3-4-6-14(13)19-20/h3-9,19H,10H2,1-2H3,(H,18,22). The fourth-order valence-electron chi connectivity index (χ4n) is 2.45. The van der Waals surface area contributed by atoms with Crippen molar-refractivity contribution in [1.82, 2.24) is 15.1 Å². The number of ether oxygens (including phenoxy) is 2. The van der Waals surface area contributed by atoms with Crippen LogP contribution in [0.5, 0.6) is 11.5 Å². The summed E-state index contributed by atoms with van der Waals surface area (Å²) < 4.78 is 11.4. The minimum atomic E-state index is -0.533. The first-order valence-corrected chi connectivity index (χ1v) is 7.33. The van der Waals surface area contributed by atoms with E-state index in [9.17, 15) is 9.59 Å². The predicted molar refractivity (Wildman–Crippen MR) is 89.7 cm³/mol. The number of methoxy groups -OCH3 is 2. The highest BCUT2D eigenvalue weighted by molar-refractivity contribution is 5.84. The molecule has 0 saturated carbocycles. The van der Waals surface area contributed by atoms with Gasteiger partial charge in [0.15, 0.2) is 0 Å². The summed E-state index contributed by atoms with van der Waals surface area (Å²) in [7, 11) is 3.11. The van der Waals surface area contributed by atoms with Crippen molar-refractivity contribution in [3.8, 4) is 11.5 Å². The number of carbonyl (C=O) groups excluding carboxylic acids is 1. The highest BCUT2D eigenvalue weighted by atomic mass is 16.5. The molecule has 2 N–H and O–H groups in total. The summed E-state index contributed by atoms with van der Waals surface area (Å²) in [6.07, 6.45) is 0. The number of nitrogens with one attached hydrogen (secondary N) is 2. The van der Waals surface area contributed by atoms with Crippen molar-refractivity contribution in [2.45, 2.75) is 6.54 Å². The predicted octanol–water partition coefficient (Wildman–Crippen LogP) is 2.10. The van der Waals surface area contributed by atoms with Crippen LogP contribution in [0.2, 0.25) is 0 Å². The van der Waals surface area contributed by atoms with E-state index in [1.807, 2.05) is 0 Å². The Morgan fingerprint density at radius 2 is 1.96 bits per heavy atom. The molecule has 0 saturated heterocycles. The molecule has 0 radical (unpaired) electrons. The van der Waals surface area contributed by atoms with Crippen molar-refractivity contribution in [2.75, 3.05) is 14.2 Å². The van der Waals surface area contributed by atoms with Crippen LogP contribution < -0.4 is 20.3 Å². The Morgan fingerprint density at radius 1 is 1.17 bits per heavy atom. The van der Waals surface area contributed by atoms with Crippen LogP contribution in [0.3, 0.4) is 0 Å². The van der Waals surface area contributed by atoms with Gasteiger partial charge in [-0.05, 0) is 24.3 Å². The summed E-state index contributed by atoms with van der Waals surface area (Å²) in [6, 6.07) is 11.7. The van der Waals surface area contributed by atoms with E-state index in [1.165, 1.54) is 0 Å². The van der Waals surface area contributed by atoms with Crippen molar-refractivity contribution >= 4 is 16.9 Å². The van der Waals surface area contributed by atoms with Crippen LogP contribution in [-0.4, -0.2) is 30.0 Å². The zero-order valence-corrected chi connectivity index (χ0v) is 13.3. The number of para-hydroxylation sites is 1. The maximum Gasteiger partial charge on any atom is 0.343 e. The van der Waals surface area contributed by atoms with Gasteiger partial charge in [0.25, 0.3) is 5.56 Å². The first-order valence-electron chi connectivity index (χ1n) is 7.33.